The van der Waals surface area contributed by atoms with E-state index in [1.807, 2.05) is 5.48 Å². The quantitative estimate of drug-likeness (QED) is 0.457. The second-order valence-corrected chi connectivity index (χ2v) is 7.26. The van der Waals surface area contributed by atoms with Gasteiger partial charge in [-0.3, -0.25) is 10.7 Å². The molecule has 0 bridgehead atoms. The van der Waals surface area contributed by atoms with Crippen LogP contribution in [0, 0.1) is 5.82 Å². The van der Waals surface area contributed by atoms with Gasteiger partial charge in [-0.1, -0.05) is 24.6 Å². The Bertz CT molecular complexity index is 719. The lowest BCUT2D eigenvalue weighted by Gasteiger charge is -2.07. The van der Waals surface area contributed by atoms with Gasteiger partial charge in [0.15, 0.2) is 16.6 Å². The molecular formula is C14H14BrFN4O2S. The zero-order valence-corrected chi connectivity index (χ0v) is 14.4. The summed E-state index contributed by atoms with van der Waals surface area (Å²) in [5.74, 6) is -0.284. The fraction of sp³-hybridized carbons (Fsp3) is 0.357. The number of hydrogen-bond acceptors (Lipinski definition) is 6. The number of thioether (sulfide) groups is 1. The van der Waals surface area contributed by atoms with Crippen molar-refractivity contribution in [3.05, 3.63) is 34.2 Å². The number of hydrogen-bond donors (Lipinski definition) is 2. The second kappa shape index (κ2) is 7.41. The molecule has 1 aromatic heterocycles. The van der Waals surface area contributed by atoms with Crippen molar-refractivity contribution in [2.24, 2.45) is 4.99 Å². The van der Waals surface area contributed by atoms with E-state index in [4.69, 9.17) is 4.63 Å². The van der Waals surface area contributed by atoms with Crippen molar-refractivity contribution in [2.45, 2.75) is 36.0 Å². The van der Waals surface area contributed by atoms with Crippen LogP contribution in [0.15, 0.2) is 37.3 Å². The topological polar surface area (TPSA) is 83.5 Å². The minimum absolute atomic E-state index is 0.102. The summed E-state index contributed by atoms with van der Waals surface area (Å²) in [7, 11) is 0. The molecule has 1 aliphatic rings. The lowest BCUT2D eigenvalue weighted by molar-refractivity contribution is 0.234. The van der Waals surface area contributed by atoms with Crippen molar-refractivity contribution in [3.63, 3.8) is 0 Å². The van der Waals surface area contributed by atoms with E-state index >= 15 is 0 Å². The molecule has 0 radical (unpaired) electrons. The Kier molecular flexibility index (Phi) is 5.29. The molecule has 0 aliphatic heterocycles. The van der Waals surface area contributed by atoms with E-state index in [2.05, 4.69) is 31.2 Å². The molecule has 0 spiro atoms. The molecule has 23 heavy (non-hydrogen) atoms. The fourth-order valence-electron chi connectivity index (χ4n) is 2.38. The predicted octanol–water partition coefficient (Wildman–Crippen LogP) is 4.06. The Labute approximate surface area is 144 Å². The molecule has 122 valence electrons. The highest BCUT2D eigenvalue weighted by Gasteiger charge is 2.23. The maximum Gasteiger partial charge on any atom is 0.186 e. The normalized spacial score (nSPS) is 16.0. The highest BCUT2D eigenvalue weighted by atomic mass is 79.9. The van der Waals surface area contributed by atoms with E-state index in [-0.39, 0.29) is 16.1 Å². The third-order valence-corrected chi connectivity index (χ3v) is 5.42. The molecule has 6 nitrogen and oxygen atoms in total. The monoisotopic (exact) mass is 400 g/mol. The smallest absolute Gasteiger partial charge is 0.186 e. The number of benzene rings is 1. The van der Waals surface area contributed by atoms with E-state index < -0.39 is 0 Å². The minimum atomic E-state index is -0.386. The zero-order valence-electron chi connectivity index (χ0n) is 12.0. The lowest BCUT2D eigenvalue weighted by Crippen LogP contribution is -2.21. The van der Waals surface area contributed by atoms with Gasteiger partial charge in [-0.2, -0.15) is 0 Å². The second-order valence-electron chi connectivity index (χ2n) is 5.11. The number of nitrogens with zero attached hydrogens (tertiary/aromatic N) is 3. The van der Waals surface area contributed by atoms with Gasteiger partial charge >= 0.3 is 0 Å². The Morgan fingerprint density at radius 2 is 2.17 bits per heavy atom. The first-order valence-electron chi connectivity index (χ1n) is 7.11. The molecule has 1 aliphatic carbocycles. The Morgan fingerprint density at radius 3 is 2.87 bits per heavy atom. The maximum absolute atomic E-state index is 13.3. The van der Waals surface area contributed by atoms with Crippen molar-refractivity contribution in [2.75, 3.05) is 0 Å². The summed E-state index contributed by atoms with van der Waals surface area (Å²) in [6.07, 6.45) is 4.67. The molecule has 0 atom stereocenters. The first kappa shape index (κ1) is 16.4. The van der Waals surface area contributed by atoms with Crippen LogP contribution in [0.5, 0.6) is 0 Å². The maximum atomic E-state index is 13.3. The van der Waals surface area contributed by atoms with E-state index in [1.165, 1.54) is 31.0 Å². The lowest BCUT2D eigenvalue weighted by atomic mass is 10.3. The van der Waals surface area contributed by atoms with Gasteiger partial charge in [0.2, 0.25) is 0 Å². The van der Waals surface area contributed by atoms with Crippen LogP contribution in [0.4, 0.5) is 10.1 Å². The first-order valence-corrected chi connectivity index (χ1v) is 8.78. The summed E-state index contributed by atoms with van der Waals surface area (Å²) < 4.78 is 18.4. The average molecular weight is 401 g/mol. The molecule has 0 amide bonds. The van der Waals surface area contributed by atoms with Crippen LogP contribution in [-0.2, 0) is 0 Å². The van der Waals surface area contributed by atoms with Gasteiger partial charge in [-0.15, -0.1) is 0 Å². The predicted molar refractivity (Wildman–Crippen MR) is 87.6 cm³/mol. The Hall–Kier alpha value is -1.45. The average Bonchev–Trinajstić information content (AvgIpc) is 3.21. The van der Waals surface area contributed by atoms with Gasteiger partial charge in [0.25, 0.3) is 0 Å². The Balaban J connectivity index is 1.86. The van der Waals surface area contributed by atoms with Gasteiger partial charge in [0, 0.05) is 5.25 Å². The molecule has 3 rings (SSSR count). The number of aliphatic imine (C=N–C) groups is 1. The van der Waals surface area contributed by atoms with Crippen molar-refractivity contribution in [1.82, 2.24) is 15.8 Å². The molecular weight excluding hydrogens is 387 g/mol. The number of halogens is 2. The SMILES string of the molecule is ONC(=Nc1ccc(F)c(Br)c1)c1nonc1SC1CCCC1. The highest BCUT2D eigenvalue weighted by molar-refractivity contribution is 9.10. The number of hydroxylamine groups is 1. The molecule has 1 aromatic carbocycles. The van der Waals surface area contributed by atoms with Crippen LogP contribution in [0.25, 0.3) is 0 Å². The Morgan fingerprint density at radius 1 is 1.39 bits per heavy atom. The number of aromatic nitrogens is 2. The van der Waals surface area contributed by atoms with E-state index in [0.29, 0.717) is 21.7 Å². The van der Waals surface area contributed by atoms with Crippen LogP contribution in [0.2, 0.25) is 0 Å². The molecule has 9 heteroatoms. The molecule has 1 fully saturated rings. The van der Waals surface area contributed by atoms with Crippen LogP contribution in [0.1, 0.15) is 31.4 Å². The summed E-state index contributed by atoms with van der Waals surface area (Å²) in [5, 5.41) is 18.2. The van der Waals surface area contributed by atoms with Crippen LogP contribution in [0.3, 0.4) is 0 Å². The molecule has 0 saturated heterocycles. The molecule has 1 saturated carbocycles. The van der Waals surface area contributed by atoms with E-state index in [1.54, 1.807) is 11.8 Å². The summed E-state index contributed by atoms with van der Waals surface area (Å²) >= 11 is 4.68. The number of amidine groups is 1. The van der Waals surface area contributed by atoms with Crippen LogP contribution >= 0.6 is 27.7 Å². The van der Waals surface area contributed by atoms with Crippen molar-refractivity contribution in [1.29, 1.82) is 0 Å². The number of rotatable bonds is 4. The summed E-state index contributed by atoms with van der Waals surface area (Å²) in [5.41, 5.74) is 2.81. The van der Waals surface area contributed by atoms with Gasteiger partial charge in [0.05, 0.1) is 10.2 Å². The van der Waals surface area contributed by atoms with E-state index in [9.17, 15) is 9.60 Å². The highest BCUT2D eigenvalue weighted by Crippen LogP contribution is 2.35. The number of nitrogens with one attached hydrogen (secondary N) is 1. The van der Waals surface area contributed by atoms with Crippen molar-refractivity contribution >= 4 is 39.2 Å². The van der Waals surface area contributed by atoms with Crippen molar-refractivity contribution in [3.8, 4) is 0 Å². The van der Waals surface area contributed by atoms with Gasteiger partial charge in [0.1, 0.15) is 5.82 Å². The third-order valence-electron chi connectivity index (χ3n) is 3.51. The summed E-state index contributed by atoms with van der Waals surface area (Å²) in [6.45, 7) is 0. The largest absolute Gasteiger partial charge is 0.290 e. The standard InChI is InChI=1S/C14H14BrFN4O2S/c15-10-7-8(5-6-11(10)16)17-13(18-21)12-14(20-22-19-12)23-9-3-1-2-4-9/h5-7,9,21H,1-4H2,(H,17,18). The third kappa shape index (κ3) is 3.91. The fourth-order valence-corrected chi connectivity index (χ4v) is 3.95. The molecule has 2 aromatic rings. The zero-order chi connectivity index (χ0) is 16.2. The summed E-state index contributed by atoms with van der Waals surface area (Å²) in [4.78, 5) is 4.24. The van der Waals surface area contributed by atoms with Gasteiger partial charge < -0.3 is 0 Å². The minimum Gasteiger partial charge on any atom is -0.290 e. The van der Waals surface area contributed by atoms with Gasteiger partial charge in [-0.05, 0) is 57.3 Å². The van der Waals surface area contributed by atoms with Gasteiger partial charge in [-0.25, -0.2) is 14.0 Å². The van der Waals surface area contributed by atoms with E-state index in [0.717, 1.165) is 12.8 Å². The molecule has 0 unspecified atom stereocenters. The molecule has 1 heterocycles. The molecule has 2 N–H and O–H groups in total. The van der Waals surface area contributed by atoms with Crippen LogP contribution < -0.4 is 5.48 Å². The first-order chi connectivity index (χ1) is 11.2. The summed E-state index contributed by atoms with van der Waals surface area (Å²) in [6, 6.07) is 4.28. The van der Waals surface area contributed by atoms with Crippen molar-refractivity contribution < 1.29 is 14.2 Å². The van der Waals surface area contributed by atoms with Crippen LogP contribution in [-0.4, -0.2) is 26.6 Å².